The van der Waals surface area contributed by atoms with Crippen molar-refractivity contribution < 1.29 is 0 Å². The van der Waals surface area contributed by atoms with E-state index >= 15 is 0 Å². The molecule has 0 heterocycles. The Morgan fingerprint density at radius 2 is 2.08 bits per heavy atom. The maximum absolute atomic E-state index is 5.93. The minimum absolute atomic E-state index is 0.345. The van der Waals surface area contributed by atoms with Crippen molar-refractivity contribution in [2.75, 3.05) is 6.54 Å². The van der Waals surface area contributed by atoms with Crippen molar-refractivity contribution in [3.05, 3.63) is 0 Å². The van der Waals surface area contributed by atoms with Gasteiger partial charge in [-0.15, -0.1) is 0 Å². The number of nitrogens with one attached hydrogen (secondary N) is 1. The van der Waals surface area contributed by atoms with Crippen LogP contribution in [0.4, 0.5) is 0 Å². The lowest BCUT2D eigenvalue weighted by Gasteiger charge is -2.14. The van der Waals surface area contributed by atoms with Gasteiger partial charge in [0.15, 0.2) is 0 Å². The third kappa shape index (κ3) is 3.55. The van der Waals surface area contributed by atoms with Gasteiger partial charge in [-0.25, -0.2) is 0 Å². The molecule has 0 aromatic rings. The second-order valence-corrected chi connectivity index (χ2v) is 4.62. The fraction of sp³-hybridized carbons (Fsp3) is 1.00. The second-order valence-electron chi connectivity index (χ2n) is 4.62. The molecule has 0 aromatic heterocycles. The molecule has 2 heteroatoms. The third-order valence-corrected chi connectivity index (χ3v) is 2.53. The Morgan fingerprint density at radius 1 is 1.50 bits per heavy atom. The molecule has 3 unspecified atom stereocenters. The van der Waals surface area contributed by atoms with Crippen LogP contribution >= 0.6 is 0 Å². The lowest BCUT2D eigenvalue weighted by atomic mass is 10.0. The molecule has 0 bridgehead atoms. The maximum Gasteiger partial charge on any atom is 0.0167 e. The Kier molecular flexibility index (Phi) is 3.53. The van der Waals surface area contributed by atoms with Crippen LogP contribution in [0.25, 0.3) is 0 Å². The number of rotatable bonds is 5. The summed E-state index contributed by atoms with van der Waals surface area (Å²) in [7, 11) is 0. The van der Waals surface area contributed by atoms with Gasteiger partial charge in [0, 0.05) is 18.6 Å². The molecule has 0 aromatic carbocycles. The Morgan fingerprint density at radius 3 is 2.50 bits per heavy atom. The lowest BCUT2D eigenvalue weighted by Crippen LogP contribution is -2.36. The van der Waals surface area contributed by atoms with Gasteiger partial charge in [-0.1, -0.05) is 20.8 Å². The highest BCUT2D eigenvalue weighted by Crippen LogP contribution is 2.28. The average Bonchev–Trinajstić information content (AvgIpc) is 2.61. The molecule has 72 valence electrons. The zero-order chi connectivity index (χ0) is 9.14. The molecule has 1 rings (SSSR count). The van der Waals surface area contributed by atoms with E-state index in [4.69, 9.17) is 5.73 Å². The second kappa shape index (κ2) is 4.24. The molecule has 1 aliphatic carbocycles. The van der Waals surface area contributed by atoms with Gasteiger partial charge < -0.3 is 11.1 Å². The van der Waals surface area contributed by atoms with Gasteiger partial charge in [0.05, 0.1) is 0 Å². The fourth-order valence-corrected chi connectivity index (χ4v) is 1.60. The van der Waals surface area contributed by atoms with Gasteiger partial charge in [-0.3, -0.25) is 0 Å². The zero-order valence-corrected chi connectivity index (χ0v) is 8.51. The Hall–Kier alpha value is -0.0800. The molecule has 0 aliphatic heterocycles. The van der Waals surface area contributed by atoms with E-state index < -0.39 is 0 Å². The summed E-state index contributed by atoms with van der Waals surface area (Å²) in [6.07, 6.45) is 2.47. The molecular formula is C10H22N2. The minimum atomic E-state index is 0.345. The molecule has 3 N–H and O–H groups in total. The molecule has 0 amide bonds. The van der Waals surface area contributed by atoms with E-state index in [-0.39, 0.29) is 0 Å². The van der Waals surface area contributed by atoms with E-state index in [2.05, 4.69) is 26.1 Å². The van der Waals surface area contributed by atoms with Crippen molar-refractivity contribution in [1.82, 2.24) is 5.32 Å². The normalized spacial score (nSPS) is 30.8. The molecule has 0 spiro atoms. The predicted octanol–water partition coefficient (Wildman–Crippen LogP) is 1.36. The third-order valence-electron chi connectivity index (χ3n) is 2.53. The van der Waals surface area contributed by atoms with Gasteiger partial charge >= 0.3 is 0 Å². The Balaban J connectivity index is 1.98. The summed E-state index contributed by atoms with van der Waals surface area (Å²) in [5.74, 6) is 1.61. The molecule has 2 nitrogen and oxygen atoms in total. The van der Waals surface area contributed by atoms with Gasteiger partial charge in [0.25, 0.3) is 0 Å². The van der Waals surface area contributed by atoms with E-state index in [1.54, 1.807) is 0 Å². The van der Waals surface area contributed by atoms with E-state index in [1.807, 2.05) is 0 Å². The maximum atomic E-state index is 5.93. The highest BCUT2D eigenvalue weighted by molar-refractivity contribution is 4.90. The molecular weight excluding hydrogens is 148 g/mol. The monoisotopic (exact) mass is 170 g/mol. The molecule has 3 atom stereocenters. The van der Waals surface area contributed by atoms with Crippen LogP contribution in [0.1, 0.15) is 33.6 Å². The lowest BCUT2D eigenvalue weighted by molar-refractivity contribution is 0.463. The highest BCUT2D eigenvalue weighted by Gasteiger charge is 2.31. The van der Waals surface area contributed by atoms with Gasteiger partial charge in [0.2, 0.25) is 0 Å². The van der Waals surface area contributed by atoms with Crippen LogP contribution in [0, 0.1) is 11.8 Å². The smallest absolute Gasteiger partial charge is 0.0167 e. The summed E-state index contributed by atoms with van der Waals surface area (Å²) < 4.78 is 0. The van der Waals surface area contributed by atoms with Crippen molar-refractivity contribution in [2.24, 2.45) is 17.6 Å². The van der Waals surface area contributed by atoms with E-state index in [0.717, 1.165) is 30.8 Å². The topological polar surface area (TPSA) is 38.0 Å². The first-order valence-electron chi connectivity index (χ1n) is 5.08. The molecule has 1 aliphatic rings. The van der Waals surface area contributed by atoms with Crippen molar-refractivity contribution >= 4 is 0 Å². The van der Waals surface area contributed by atoms with Crippen molar-refractivity contribution in [2.45, 2.75) is 45.7 Å². The summed E-state index contributed by atoms with van der Waals surface area (Å²) >= 11 is 0. The minimum Gasteiger partial charge on any atom is -0.327 e. The first-order valence-corrected chi connectivity index (χ1v) is 5.08. The summed E-state index contributed by atoms with van der Waals surface area (Å²) in [6.45, 7) is 7.72. The number of nitrogens with two attached hydrogens (primary N) is 1. The zero-order valence-electron chi connectivity index (χ0n) is 8.51. The number of hydrogen-bond donors (Lipinski definition) is 2. The number of hydrogen-bond acceptors (Lipinski definition) is 2. The Labute approximate surface area is 75.9 Å². The first kappa shape index (κ1) is 10.0. The quantitative estimate of drug-likeness (QED) is 0.654. The SMILES string of the molecule is CC(C)CC(N)CNC1CC1C. The molecule has 0 saturated heterocycles. The summed E-state index contributed by atoms with van der Waals surface area (Å²) in [5, 5.41) is 3.49. The van der Waals surface area contributed by atoms with Crippen LogP contribution in [-0.4, -0.2) is 18.6 Å². The van der Waals surface area contributed by atoms with Gasteiger partial charge in [-0.05, 0) is 24.7 Å². The average molecular weight is 170 g/mol. The highest BCUT2D eigenvalue weighted by atomic mass is 15.0. The van der Waals surface area contributed by atoms with Crippen LogP contribution < -0.4 is 11.1 Å². The predicted molar refractivity (Wildman–Crippen MR) is 53.0 cm³/mol. The standard InChI is InChI=1S/C10H22N2/c1-7(2)4-9(11)6-12-10-5-8(10)3/h7-10,12H,4-6,11H2,1-3H3. The molecule has 1 fully saturated rings. The van der Waals surface area contributed by atoms with Crippen LogP contribution in [0.3, 0.4) is 0 Å². The molecule has 12 heavy (non-hydrogen) atoms. The van der Waals surface area contributed by atoms with Crippen molar-refractivity contribution in [3.8, 4) is 0 Å². The van der Waals surface area contributed by atoms with Crippen LogP contribution in [-0.2, 0) is 0 Å². The fourth-order valence-electron chi connectivity index (χ4n) is 1.60. The first-order chi connectivity index (χ1) is 5.59. The van der Waals surface area contributed by atoms with Crippen molar-refractivity contribution in [3.63, 3.8) is 0 Å². The summed E-state index contributed by atoms with van der Waals surface area (Å²) in [4.78, 5) is 0. The van der Waals surface area contributed by atoms with E-state index in [0.29, 0.717) is 6.04 Å². The largest absolute Gasteiger partial charge is 0.327 e. The molecule has 0 radical (unpaired) electrons. The van der Waals surface area contributed by atoms with Crippen LogP contribution in [0.2, 0.25) is 0 Å². The Bertz CT molecular complexity index is 134. The summed E-state index contributed by atoms with van der Waals surface area (Å²) in [6, 6.07) is 1.11. The van der Waals surface area contributed by atoms with Crippen LogP contribution in [0.5, 0.6) is 0 Å². The van der Waals surface area contributed by atoms with Gasteiger partial charge in [0.1, 0.15) is 0 Å². The van der Waals surface area contributed by atoms with Crippen molar-refractivity contribution in [1.29, 1.82) is 0 Å². The van der Waals surface area contributed by atoms with E-state index in [1.165, 1.54) is 6.42 Å². The van der Waals surface area contributed by atoms with Gasteiger partial charge in [-0.2, -0.15) is 0 Å². The molecule has 1 saturated carbocycles. The van der Waals surface area contributed by atoms with Crippen LogP contribution in [0.15, 0.2) is 0 Å². The van der Waals surface area contributed by atoms with E-state index in [9.17, 15) is 0 Å². The summed E-state index contributed by atoms with van der Waals surface area (Å²) in [5.41, 5.74) is 5.93.